The number of hydrogen-bond acceptors (Lipinski definition) is 7. The van der Waals surface area contributed by atoms with Crippen LogP contribution in [0.25, 0.3) is 10.8 Å². The SMILES string of the molecule is O=C1NC(=O)[C@H]2CC=C3[C@@H](C[C@H]4C(=O)N(Nc5ncc(C(F)(F)F)cc5Cl)C(=O)[C@@]4(c4ccc(Cl)cc4)[C@H]3c3c(O)ccc4ccccc34)[C@@H]12. The number of carbonyl (C=O) groups excluding carboxylic acids is 4. The smallest absolute Gasteiger partial charge is 0.417 e. The van der Waals surface area contributed by atoms with Gasteiger partial charge in [0.05, 0.1) is 33.8 Å². The zero-order chi connectivity index (χ0) is 35.3. The summed E-state index contributed by atoms with van der Waals surface area (Å²) in [6, 6.07) is 17.5. The Hall–Kier alpha value is -4.94. The Balaban J connectivity index is 1.39. The largest absolute Gasteiger partial charge is 0.508 e. The summed E-state index contributed by atoms with van der Waals surface area (Å²) in [5.41, 5.74) is 1.04. The molecule has 3 heterocycles. The number of nitrogens with one attached hydrogen (secondary N) is 2. The van der Waals surface area contributed by atoms with Gasteiger partial charge in [0.25, 0.3) is 11.8 Å². The number of phenols is 1. The lowest BCUT2D eigenvalue weighted by molar-refractivity contribution is -0.139. The Morgan fingerprint density at radius 1 is 0.960 bits per heavy atom. The van der Waals surface area contributed by atoms with Crippen molar-refractivity contribution >= 4 is 63.4 Å². The fourth-order valence-electron chi connectivity index (χ4n) is 8.60. The quantitative estimate of drug-likeness (QED) is 0.161. The van der Waals surface area contributed by atoms with E-state index >= 15 is 4.79 Å². The number of fused-ring (bicyclic) bond motifs is 5. The van der Waals surface area contributed by atoms with E-state index in [0.29, 0.717) is 44.4 Å². The van der Waals surface area contributed by atoms with Gasteiger partial charge in [-0.3, -0.25) is 29.9 Å². The van der Waals surface area contributed by atoms with Crippen LogP contribution in [0.2, 0.25) is 10.0 Å². The molecule has 4 aromatic rings. The molecule has 50 heavy (non-hydrogen) atoms. The fraction of sp³-hybridized carbons (Fsp3) is 0.250. The Labute approximate surface area is 292 Å². The molecule has 254 valence electrons. The van der Waals surface area contributed by atoms with Crippen LogP contribution < -0.4 is 10.7 Å². The number of hydrazine groups is 1. The standard InChI is InChI=1S/C36H25Cl2F3N4O5/c37-19-8-6-17(7-9-19)35-24(33(49)45(34(35)50)44-30-25(38)13-18(15-42-30)36(39,40)41)14-23-21(10-11-22-27(23)32(48)43-31(22)47)29(35)28-20-4-2-1-3-16(20)5-12-26(28)46/h1-10,12-13,15,22-24,27,29,46H,11,14H2,(H,42,44)(H,43,47,48)/t22-,23+,24-,27-,29+,35+/m0/s1. The number of imide groups is 2. The maximum absolute atomic E-state index is 15.3. The van der Waals surface area contributed by atoms with E-state index in [2.05, 4.69) is 15.7 Å². The Bertz CT molecular complexity index is 2190. The van der Waals surface area contributed by atoms with E-state index < -0.39 is 75.4 Å². The molecule has 8 rings (SSSR count). The summed E-state index contributed by atoms with van der Waals surface area (Å²) >= 11 is 12.5. The summed E-state index contributed by atoms with van der Waals surface area (Å²) in [5.74, 6) is -7.40. The van der Waals surface area contributed by atoms with Crippen molar-refractivity contribution in [2.24, 2.45) is 23.7 Å². The molecule has 0 bridgehead atoms. The fourth-order valence-corrected chi connectivity index (χ4v) is 8.93. The van der Waals surface area contributed by atoms with Gasteiger partial charge in [0.15, 0.2) is 5.82 Å². The normalized spacial score (nSPS) is 27.5. The topological polar surface area (TPSA) is 129 Å². The monoisotopic (exact) mass is 720 g/mol. The maximum atomic E-state index is 15.3. The molecule has 4 aliphatic rings. The molecule has 14 heteroatoms. The van der Waals surface area contributed by atoms with E-state index in [1.165, 1.54) is 6.07 Å². The van der Waals surface area contributed by atoms with Crippen LogP contribution in [0.1, 0.15) is 35.4 Å². The molecule has 1 aromatic heterocycles. The summed E-state index contributed by atoms with van der Waals surface area (Å²) in [6.45, 7) is 0. The molecule has 2 aliphatic heterocycles. The van der Waals surface area contributed by atoms with Gasteiger partial charge in [0.1, 0.15) is 5.75 Å². The highest BCUT2D eigenvalue weighted by Crippen LogP contribution is 2.65. The number of amides is 4. The molecule has 3 fully saturated rings. The van der Waals surface area contributed by atoms with Gasteiger partial charge < -0.3 is 5.11 Å². The van der Waals surface area contributed by atoms with Gasteiger partial charge in [-0.15, -0.1) is 0 Å². The molecule has 4 amide bonds. The molecule has 0 spiro atoms. The van der Waals surface area contributed by atoms with Crippen LogP contribution in [0.5, 0.6) is 5.75 Å². The Morgan fingerprint density at radius 2 is 1.70 bits per heavy atom. The number of benzene rings is 3. The van der Waals surface area contributed by atoms with Gasteiger partial charge in [-0.1, -0.05) is 77.3 Å². The zero-order valence-electron chi connectivity index (χ0n) is 25.7. The van der Waals surface area contributed by atoms with E-state index in [4.69, 9.17) is 23.2 Å². The third kappa shape index (κ3) is 4.57. The van der Waals surface area contributed by atoms with E-state index in [1.54, 1.807) is 42.5 Å². The summed E-state index contributed by atoms with van der Waals surface area (Å²) in [4.78, 5) is 60.0. The predicted octanol–water partition coefficient (Wildman–Crippen LogP) is 6.54. The van der Waals surface area contributed by atoms with E-state index in [0.717, 1.165) is 5.39 Å². The second-order valence-electron chi connectivity index (χ2n) is 13.0. The van der Waals surface area contributed by atoms with Gasteiger partial charge in [0, 0.05) is 22.7 Å². The predicted molar refractivity (Wildman–Crippen MR) is 176 cm³/mol. The molecule has 0 unspecified atom stereocenters. The first-order valence-electron chi connectivity index (χ1n) is 15.7. The number of aromatic hydroxyl groups is 1. The number of allylic oxidation sites excluding steroid dienone is 2. The minimum atomic E-state index is -4.74. The molecular weight excluding hydrogens is 696 g/mol. The van der Waals surface area contributed by atoms with Crippen molar-refractivity contribution in [2.45, 2.75) is 30.4 Å². The molecule has 9 nitrogen and oxygen atoms in total. The number of anilines is 1. The van der Waals surface area contributed by atoms with Crippen LogP contribution in [0.15, 0.2) is 84.6 Å². The first-order valence-corrected chi connectivity index (χ1v) is 16.5. The summed E-state index contributed by atoms with van der Waals surface area (Å²) < 4.78 is 40.2. The van der Waals surface area contributed by atoms with Crippen molar-refractivity contribution in [3.8, 4) is 5.75 Å². The average molecular weight is 722 g/mol. The van der Waals surface area contributed by atoms with Crippen molar-refractivity contribution in [1.29, 1.82) is 0 Å². The average Bonchev–Trinajstić information content (AvgIpc) is 3.49. The lowest BCUT2D eigenvalue weighted by atomic mass is 9.48. The number of nitrogens with zero attached hydrogens (tertiary/aromatic N) is 2. The first-order chi connectivity index (χ1) is 23.8. The first kappa shape index (κ1) is 32.3. The summed E-state index contributed by atoms with van der Waals surface area (Å²) in [7, 11) is 0. The highest BCUT2D eigenvalue weighted by Gasteiger charge is 2.70. The highest BCUT2D eigenvalue weighted by atomic mass is 35.5. The van der Waals surface area contributed by atoms with Crippen molar-refractivity contribution in [1.82, 2.24) is 15.3 Å². The molecule has 2 saturated heterocycles. The summed E-state index contributed by atoms with van der Waals surface area (Å²) in [5, 5.41) is 16.1. The van der Waals surface area contributed by atoms with Crippen molar-refractivity contribution in [3.63, 3.8) is 0 Å². The number of halogens is 5. The van der Waals surface area contributed by atoms with E-state index in [9.17, 15) is 32.7 Å². The number of hydrogen-bond donors (Lipinski definition) is 3. The van der Waals surface area contributed by atoms with Crippen molar-refractivity contribution < 1.29 is 37.5 Å². The number of aromatic nitrogens is 1. The van der Waals surface area contributed by atoms with Crippen LogP contribution in [0.4, 0.5) is 19.0 Å². The Morgan fingerprint density at radius 3 is 2.42 bits per heavy atom. The number of pyridine rings is 1. The number of carbonyl (C=O) groups is 4. The molecule has 3 aromatic carbocycles. The third-order valence-corrected chi connectivity index (χ3v) is 11.2. The lowest BCUT2D eigenvalue weighted by Gasteiger charge is -2.51. The zero-order valence-corrected chi connectivity index (χ0v) is 27.2. The van der Waals surface area contributed by atoms with Gasteiger partial charge in [-0.25, -0.2) is 4.98 Å². The molecular formula is C36H25Cl2F3N4O5. The van der Waals surface area contributed by atoms with Crippen LogP contribution in [-0.4, -0.2) is 38.7 Å². The highest BCUT2D eigenvalue weighted by molar-refractivity contribution is 6.33. The van der Waals surface area contributed by atoms with Crippen LogP contribution >= 0.6 is 23.2 Å². The minimum absolute atomic E-state index is 0.0325. The van der Waals surface area contributed by atoms with Crippen molar-refractivity contribution in [2.75, 3.05) is 5.43 Å². The van der Waals surface area contributed by atoms with Gasteiger partial charge in [0.2, 0.25) is 11.8 Å². The van der Waals surface area contributed by atoms with E-state index in [1.807, 2.05) is 18.2 Å². The van der Waals surface area contributed by atoms with Crippen LogP contribution in [0, 0.1) is 23.7 Å². The van der Waals surface area contributed by atoms with Crippen molar-refractivity contribution in [3.05, 3.63) is 111 Å². The van der Waals surface area contributed by atoms with Crippen LogP contribution in [-0.2, 0) is 30.8 Å². The van der Waals surface area contributed by atoms with E-state index in [-0.39, 0.29) is 24.4 Å². The second-order valence-corrected chi connectivity index (χ2v) is 13.8. The minimum Gasteiger partial charge on any atom is -0.508 e. The number of alkyl halides is 3. The summed E-state index contributed by atoms with van der Waals surface area (Å²) in [6.07, 6.45) is -2.22. The number of rotatable bonds is 4. The lowest BCUT2D eigenvalue weighted by Crippen LogP contribution is -2.53. The third-order valence-electron chi connectivity index (χ3n) is 10.6. The van der Waals surface area contributed by atoms with Gasteiger partial charge in [-0.05, 0) is 59.4 Å². The molecule has 3 N–H and O–H groups in total. The molecule has 0 radical (unpaired) electrons. The molecule has 6 atom stereocenters. The molecule has 1 saturated carbocycles. The van der Waals surface area contributed by atoms with Gasteiger partial charge in [-0.2, -0.15) is 18.2 Å². The van der Waals surface area contributed by atoms with Gasteiger partial charge >= 0.3 is 6.18 Å². The maximum Gasteiger partial charge on any atom is 0.417 e. The second kappa shape index (κ2) is 11.3. The number of phenolic OH excluding ortho intramolecular Hbond substituents is 1. The van der Waals surface area contributed by atoms with Crippen LogP contribution in [0.3, 0.4) is 0 Å². The Kier molecular flexibility index (Phi) is 7.29. The molecule has 2 aliphatic carbocycles.